The Hall–Kier alpha value is -4.23. The Balaban J connectivity index is 1.37. The van der Waals surface area contributed by atoms with Gasteiger partial charge in [-0.05, 0) is 49.6 Å². The lowest BCUT2D eigenvalue weighted by Gasteiger charge is -2.18. The van der Waals surface area contributed by atoms with Crippen LogP contribution in [0.25, 0.3) is 10.9 Å². The molecule has 13 heteroatoms. The van der Waals surface area contributed by atoms with Gasteiger partial charge in [0.1, 0.15) is 6.04 Å². The fraction of sp³-hybridized carbons (Fsp3) is 0.280. The maximum atomic E-state index is 12.9. The van der Waals surface area contributed by atoms with Crippen molar-refractivity contribution in [3.8, 4) is 0 Å². The minimum Gasteiger partial charge on any atom is -0.480 e. The molecule has 0 radical (unpaired) electrons. The van der Waals surface area contributed by atoms with Gasteiger partial charge in [0.25, 0.3) is 5.91 Å². The van der Waals surface area contributed by atoms with Crippen LogP contribution in [-0.4, -0.2) is 64.3 Å². The third-order valence-electron chi connectivity index (χ3n) is 5.98. The van der Waals surface area contributed by atoms with Crippen LogP contribution in [0, 0.1) is 13.8 Å². The van der Waals surface area contributed by atoms with Crippen molar-refractivity contribution < 1.29 is 23.1 Å². The lowest BCUT2D eigenvalue weighted by atomic mass is 10.1. The molecule has 5 N–H and O–H groups in total. The summed E-state index contributed by atoms with van der Waals surface area (Å²) >= 11 is 0. The summed E-state index contributed by atoms with van der Waals surface area (Å²) in [5.41, 5.74) is 2.14. The zero-order valence-electron chi connectivity index (χ0n) is 20.9. The van der Waals surface area contributed by atoms with Gasteiger partial charge in [0.15, 0.2) is 5.95 Å². The first-order chi connectivity index (χ1) is 18.2. The van der Waals surface area contributed by atoms with Crippen molar-refractivity contribution in [3.63, 3.8) is 0 Å². The third-order valence-corrected chi connectivity index (χ3v) is 7.76. The molecule has 2 aromatic carbocycles. The maximum absolute atomic E-state index is 12.9. The van der Waals surface area contributed by atoms with Crippen LogP contribution in [0.4, 0.5) is 5.95 Å². The highest BCUT2D eigenvalue weighted by Crippen LogP contribution is 2.20. The van der Waals surface area contributed by atoms with Gasteiger partial charge in [-0.1, -0.05) is 18.2 Å². The number of hydrogen-bond acceptors (Lipinski definition) is 7. The second-order valence-corrected chi connectivity index (χ2v) is 10.5. The molecule has 4 aromatic rings. The van der Waals surface area contributed by atoms with E-state index in [1.807, 2.05) is 4.68 Å². The molecule has 0 fully saturated rings. The maximum Gasteiger partial charge on any atom is 0.323 e. The molecule has 0 spiro atoms. The number of hydrogen-bond donors (Lipinski definition) is 5. The molecule has 12 nitrogen and oxygen atoms in total. The molecule has 4 rings (SSSR count). The number of nitrogens with one attached hydrogen (secondary N) is 4. The normalized spacial score (nSPS) is 12.4. The van der Waals surface area contributed by atoms with E-state index in [2.05, 4.69) is 30.4 Å². The fourth-order valence-electron chi connectivity index (χ4n) is 4.15. The van der Waals surface area contributed by atoms with E-state index in [0.717, 1.165) is 17.3 Å². The number of carbonyl (C=O) groups is 2. The predicted molar refractivity (Wildman–Crippen MR) is 141 cm³/mol. The molecule has 0 aliphatic carbocycles. The summed E-state index contributed by atoms with van der Waals surface area (Å²) < 4.78 is 29.8. The van der Waals surface area contributed by atoms with Crippen LogP contribution in [0.3, 0.4) is 0 Å². The molecule has 2 aromatic heterocycles. The number of rotatable bonds is 12. The Morgan fingerprint density at radius 3 is 2.61 bits per heavy atom. The average molecular weight is 540 g/mol. The van der Waals surface area contributed by atoms with Gasteiger partial charge in [-0.25, -0.2) is 13.4 Å². The number of aliphatic carboxylic acids is 1. The van der Waals surface area contributed by atoms with Gasteiger partial charge in [0.2, 0.25) is 10.0 Å². The van der Waals surface area contributed by atoms with E-state index >= 15 is 0 Å². The van der Waals surface area contributed by atoms with Crippen LogP contribution in [0.5, 0.6) is 0 Å². The molecule has 0 saturated heterocycles. The Kier molecular flexibility index (Phi) is 8.08. The van der Waals surface area contributed by atoms with Crippen LogP contribution >= 0.6 is 0 Å². The van der Waals surface area contributed by atoms with Crippen molar-refractivity contribution >= 4 is 38.8 Å². The van der Waals surface area contributed by atoms with E-state index in [1.54, 1.807) is 68.8 Å². The minimum absolute atomic E-state index is 0.0248. The Labute approximate surface area is 219 Å². The van der Waals surface area contributed by atoms with Crippen molar-refractivity contribution in [2.24, 2.45) is 0 Å². The highest BCUT2D eigenvalue weighted by molar-refractivity contribution is 7.89. The molecule has 2 heterocycles. The van der Waals surface area contributed by atoms with Gasteiger partial charge in [0.05, 0.1) is 16.6 Å². The number of carbonyl (C=O) groups excluding carboxylic acids is 1. The Morgan fingerprint density at radius 1 is 1.16 bits per heavy atom. The lowest BCUT2D eigenvalue weighted by molar-refractivity contribution is -0.138. The Bertz CT molecular complexity index is 1530. The summed E-state index contributed by atoms with van der Waals surface area (Å²) in [6.07, 6.45) is 5.87. The highest BCUT2D eigenvalue weighted by atomic mass is 32.2. The smallest absolute Gasteiger partial charge is 0.323 e. The van der Waals surface area contributed by atoms with Gasteiger partial charge in [-0.15, -0.1) is 0 Å². The summed E-state index contributed by atoms with van der Waals surface area (Å²) in [6.45, 7) is 4.19. The average Bonchev–Trinajstić information content (AvgIpc) is 3.53. The number of benzene rings is 2. The fourth-order valence-corrected chi connectivity index (χ4v) is 5.81. The van der Waals surface area contributed by atoms with E-state index in [-0.39, 0.29) is 4.90 Å². The zero-order chi connectivity index (χ0) is 27.3. The topological polar surface area (TPSA) is 171 Å². The Morgan fingerprint density at radius 2 is 1.92 bits per heavy atom. The molecule has 0 unspecified atom stereocenters. The van der Waals surface area contributed by atoms with E-state index in [0.29, 0.717) is 35.7 Å². The number of imidazole rings is 1. The van der Waals surface area contributed by atoms with Gasteiger partial charge in [0, 0.05) is 43.0 Å². The van der Waals surface area contributed by atoms with Crippen molar-refractivity contribution in [3.05, 3.63) is 71.7 Å². The molecule has 0 aliphatic rings. The standard InChI is InChI=1S/C25H29N7O5S/c1-16-5-3-6-17(2)22(16)38(36,37)31-20(24(34)35)15-29-23(33)18-7-8-21-19(13-18)14-30-32(21)12-4-9-26-25-27-10-11-28-25/h3,5-8,10-11,13-14,20,31H,4,9,12,15H2,1-2H3,(H,29,33)(H,34,35)(H2,26,27,28)/t20-/m0/s1. The lowest BCUT2D eigenvalue weighted by Crippen LogP contribution is -2.48. The summed E-state index contributed by atoms with van der Waals surface area (Å²) in [5, 5.41) is 20.4. The van der Waals surface area contributed by atoms with E-state index < -0.39 is 34.5 Å². The summed E-state index contributed by atoms with van der Waals surface area (Å²) in [4.78, 5) is 31.7. The van der Waals surface area contributed by atoms with E-state index in [4.69, 9.17) is 0 Å². The minimum atomic E-state index is -4.13. The van der Waals surface area contributed by atoms with Gasteiger partial charge < -0.3 is 20.7 Å². The molecule has 38 heavy (non-hydrogen) atoms. The van der Waals surface area contributed by atoms with E-state index in [1.165, 1.54) is 0 Å². The predicted octanol–water partition coefficient (Wildman–Crippen LogP) is 2.04. The van der Waals surface area contributed by atoms with Crippen LogP contribution in [0.15, 0.2) is 59.9 Å². The summed E-state index contributed by atoms with van der Waals surface area (Å²) in [6, 6.07) is 8.49. The van der Waals surface area contributed by atoms with Gasteiger partial charge >= 0.3 is 5.97 Å². The number of amides is 1. The van der Waals surface area contributed by atoms with Gasteiger partial charge in [-0.3, -0.25) is 14.3 Å². The SMILES string of the molecule is Cc1cccc(C)c1S(=O)(=O)N[C@@H](CNC(=O)c1ccc2c(cnn2CCCNc2ncc[nH]2)c1)C(=O)O. The molecule has 1 atom stereocenters. The number of aromatic amines is 1. The van der Waals surface area contributed by atoms with Crippen molar-refractivity contribution in [1.82, 2.24) is 29.8 Å². The number of carboxylic acids is 1. The first kappa shape index (κ1) is 26.8. The number of H-pyrrole nitrogens is 1. The molecule has 200 valence electrons. The number of carboxylic acid groups (broad SMARTS) is 1. The largest absolute Gasteiger partial charge is 0.480 e. The second-order valence-electron chi connectivity index (χ2n) is 8.80. The first-order valence-corrected chi connectivity index (χ1v) is 13.4. The number of nitrogens with zero attached hydrogens (tertiary/aromatic N) is 3. The molecule has 1 amide bonds. The quantitative estimate of drug-likeness (QED) is 0.170. The number of anilines is 1. The molecule has 0 bridgehead atoms. The zero-order valence-corrected chi connectivity index (χ0v) is 21.7. The molecular weight excluding hydrogens is 510 g/mol. The first-order valence-electron chi connectivity index (χ1n) is 11.9. The van der Waals surface area contributed by atoms with E-state index in [9.17, 15) is 23.1 Å². The number of sulfonamides is 1. The molecule has 0 saturated carbocycles. The number of aromatic nitrogens is 4. The van der Waals surface area contributed by atoms with Crippen LogP contribution in [0.1, 0.15) is 27.9 Å². The van der Waals surface area contributed by atoms with Crippen molar-refractivity contribution in [2.75, 3.05) is 18.4 Å². The highest BCUT2D eigenvalue weighted by Gasteiger charge is 2.28. The molecule has 0 aliphatic heterocycles. The van der Waals surface area contributed by atoms with Crippen molar-refractivity contribution in [2.45, 2.75) is 37.8 Å². The van der Waals surface area contributed by atoms with Crippen LogP contribution < -0.4 is 15.4 Å². The monoisotopic (exact) mass is 539 g/mol. The number of aryl methyl sites for hydroxylation is 3. The van der Waals surface area contributed by atoms with Crippen LogP contribution in [0.2, 0.25) is 0 Å². The molecular formula is C25H29N7O5S. The van der Waals surface area contributed by atoms with Gasteiger partial charge in [-0.2, -0.15) is 9.82 Å². The second kappa shape index (κ2) is 11.4. The summed E-state index contributed by atoms with van der Waals surface area (Å²) in [7, 11) is -4.13. The summed E-state index contributed by atoms with van der Waals surface area (Å²) in [5.74, 6) is -1.23. The number of fused-ring (bicyclic) bond motifs is 1. The van der Waals surface area contributed by atoms with Crippen molar-refractivity contribution in [1.29, 1.82) is 0 Å². The third kappa shape index (κ3) is 6.18. The van der Waals surface area contributed by atoms with Crippen LogP contribution in [-0.2, 0) is 21.4 Å².